The van der Waals surface area contributed by atoms with Crippen molar-refractivity contribution >= 4 is 34.2 Å². The number of anilines is 1. The van der Waals surface area contributed by atoms with Crippen molar-refractivity contribution in [1.82, 2.24) is 20.3 Å². The zero-order valence-electron chi connectivity index (χ0n) is 12.0. The lowest BCUT2D eigenvalue weighted by molar-refractivity contribution is 0.102. The van der Waals surface area contributed by atoms with Crippen molar-refractivity contribution in [3.63, 3.8) is 0 Å². The van der Waals surface area contributed by atoms with Gasteiger partial charge in [-0.1, -0.05) is 5.16 Å². The van der Waals surface area contributed by atoms with E-state index < -0.39 is 0 Å². The Morgan fingerprint density at radius 1 is 1.35 bits per heavy atom. The number of amides is 1. The summed E-state index contributed by atoms with van der Waals surface area (Å²) in [4.78, 5) is 18.6. The highest BCUT2D eigenvalue weighted by atomic mass is 32.1. The molecule has 4 heterocycles. The molecule has 0 aliphatic heterocycles. The minimum atomic E-state index is -0.361. The van der Waals surface area contributed by atoms with Crippen LogP contribution in [-0.4, -0.2) is 26.2 Å². The molecule has 0 unspecified atom stereocenters. The van der Waals surface area contributed by atoms with E-state index >= 15 is 0 Å². The van der Waals surface area contributed by atoms with Crippen molar-refractivity contribution < 1.29 is 9.32 Å². The van der Waals surface area contributed by atoms with Crippen molar-refractivity contribution in [3.05, 3.63) is 47.1 Å². The molecular weight excluding hydrogens is 314 g/mol. The predicted octanol–water partition coefficient (Wildman–Crippen LogP) is 3.24. The van der Waals surface area contributed by atoms with Crippen LogP contribution in [0.2, 0.25) is 0 Å². The van der Waals surface area contributed by atoms with Crippen LogP contribution in [0, 0.1) is 6.92 Å². The second kappa shape index (κ2) is 5.33. The summed E-state index contributed by atoms with van der Waals surface area (Å²) in [6.45, 7) is 2.03. The maximum atomic E-state index is 12.3. The molecule has 114 valence electrons. The molecule has 4 aromatic rings. The number of thiophene rings is 1. The highest BCUT2D eigenvalue weighted by molar-refractivity contribution is 7.15. The molecular formula is C15H11N5O2S. The molecule has 0 aromatic carbocycles. The first-order valence-electron chi connectivity index (χ1n) is 6.85. The lowest BCUT2D eigenvalue weighted by Gasteiger charge is -1.97. The average molecular weight is 325 g/mol. The second-order valence-corrected chi connectivity index (χ2v) is 6.21. The van der Waals surface area contributed by atoms with E-state index in [1.165, 1.54) is 4.88 Å². The number of fused-ring (bicyclic) bond motifs is 1. The Bertz CT molecular complexity index is 1000. The zero-order chi connectivity index (χ0) is 15.8. The van der Waals surface area contributed by atoms with E-state index in [4.69, 9.17) is 4.52 Å². The second-order valence-electron chi connectivity index (χ2n) is 4.92. The molecule has 2 N–H and O–H groups in total. The Morgan fingerprint density at radius 2 is 2.26 bits per heavy atom. The number of carbonyl (C=O) groups is 1. The molecule has 0 saturated heterocycles. The summed E-state index contributed by atoms with van der Waals surface area (Å²) in [6, 6.07) is 9.25. The maximum Gasteiger partial charge on any atom is 0.277 e. The summed E-state index contributed by atoms with van der Waals surface area (Å²) < 4.78 is 5.06. The van der Waals surface area contributed by atoms with Gasteiger partial charge < -0.3 is 9.84 Å². The number of nitrogens with one attached hydrogen (secondary N) is 2. The Hall–Kier alpha value is -3.00. The Kier molecular flexibility index (Phi) is 3.16. The molecule has 1 amide bonds. The van der Waals surface area contributed by atoms with Crippen LogP contribution >= 0.6 is 11.3 Å². The van der Waals surface area contributed by atoms with Gasteiger partial charge in [0.25, 0.3) is 11.6 Å². The molecule has 23 heavy (non-hydrogen) atoms. The molecule has 0 saturated carbocycles. The monoisotopic (exact) mass is 325 g/mol. The van der Waals surface area contributed by atoms with Crippen molar-refractivity contribution in [2.45, 2.75) is 6.92 Å². The summed E-state index contributed by atoms with van der Waals surface area (Å²) in [7, 11) is 0. The van der Waals surface area contributed by atoms with Gasteiger partial charge in [0, 0.05) is 11.1 Å². The first-order chi connectivity index (χ1) is 11.2. The standard InChI is InChI=1S/C15H11N5O2S/c1-8-4-5-12(23-8)10-7-11(19-18-10)14(21)17-13-9-3-2-6-16-15(9)22-20-13/h2-7H,1H3,(H,18,19)(H,17,20,21). The Morgan fingerprint density at radius 3 is 3.09 bits per heavy atom. The molecule has 4 aromatic heterocycles. The third kappa shape index (κ3) is 2.49. The number of nitrogens with zero attached hydrogens (tertiary/aromatic N) is 3. The summed E-state index contributed by atoms with van der Waals surface area (Å²) in [5, 5.41) is 14.1. The van der Waals surface area contributed by atoms with Crippen LogP contribution in [0.25, 0.3) is 21.7 Å². The smallest absolute Gasteiger partial charge is 0.277 e. The van der Waals surface area contributed by atoms with Gasteiger partial charge in [-0.15, -0.1) is 11.3 Å². The average Bonchev–Trinajstić information content (AvgIpc) is 3.27. The number of rotatable bonds is 3. The number of carbonyl (C=O) groups excluding carboxylic acids is 1. The zero-order valence-corrected chi connectivity index (χ0v) is 12.8. The summed E-state index contributed by atoms with van der Waals surface area (Å²) in [6.07, 6.45) is 1.60. The minimum Gasteiger partial charge on any atom is -0.334 e. The van der Waals surface area contributed by atoms with E-state index in [2.05, 4.69) is 25.7 Å². The van der Waals surface area contributed by atoms with Gasteiger partial charge >= 0.3 is 0 Å². The quantitative estimate of drug-likeness (QED) is 0.603. The molecule has 0 aliphatic rings. The van der Waals surface area contributed by atoms with Gasteiger partial charge in [-0.2, -0.15) is 5.10 Å². The van der Waals surface area contributed by atoms with Crippen LogP contribution in [0.4, 0.5) is 5.82 Å². The third-order valence-corrected chi connectivity index (χ3v) is 4.33. The number of hydrogen-bond acceptors (Lipinski definition) is 6. The van der Waals surface area contributed by atoms with Crippen LogP contribution in [0.5, 0.6) is 0 Å². The molecule has 8 heteroatoms. The highest BCUT2D eigenvalue weighted by Gasteiger charge is 2.16. The third-order valence-electron chi connectivity index (χ3n) is 3.30. The van der Waals surface area contributed by atoms with E-state index in [0.29, 0.717) is 16.9 Å². The van der Waals surface area contributed by atoms with Gasteiger partial charge in [0.15, 0.2) is 11.5 Å². The highest BCUT2D eigenvalue weighted by Crippen LogP contribution is 2.27. The van der Waals surface area contributed by atoms with Crippen LogP contribution in [0.15, 0.2) is 41.1 Å². The molecule has 0 fully saturated rings. The SMILES string of the molecule is Cc1ccc(-c2cc(C(=O)Nc3noc4ncccc34)n[nH]2)s1. The van der Waals surface area contributed by atoms with Crippen molar-refractivity contribution in [2.24, 2.45) is 0 Å². The lowest BCUT2D eigenvalue weighted by atomic mass is 10.3. The number of aryl methyl sites for hydroxylation is 1. The van der Waals surface area contributed by atoms with Gasteiger partial charge in [0.2, 0.25) is 0 Å². The van der Waals surface area contributed by atoms with Crippen molar-refractivity contribution in [2.75, 3.05) is 5.32 Å². The first kappa shape index (κ1) is 13.6. The van der Waals surface area contributed by atoms with E-state index in [-0.39, 0.29) is 11.6 Å². The van der Waals surface area contributed by atoms with Gasteiger partial charge in [-0.05, 0) is 37.3 Å². The minimum absolute atomic E-state index is 0.283. The van der Waals surface area contributed by atoms with E-state index in [1.54, 1.807) is 35.7 Å². The topological polar surface area (TPSA) is 96.7 Å². The number of aromatic nitrogens is 4. The molecule has 7 nitrogen and oxygen atoms in total. The maximum absolute atomic E-state index is 12.3. The van der Waals surface area contributed by atoms with Crippen molar-refractivity contribution in [1.29, 1.82) is 0 Å². The summed E-state index contributed by atoms with van der Waals surface area (Å²) >= 11 is 1.63. The largest absolute Gasteiger partial charge is 0.334 e. The normalized spacial score (nSPS) is 11.0. The Labute approximate surface area is 134 Å². The van der Waals surface area contributed by atoms with Gasteiger partial charge in [0.05, 0.1) is 16.0 Å². The lowest BCUT2D eigenvalue weighted by Crippen LogP contribution is -2.12. The van der Waals surface area contributed by atoms with E-state index in [0.717, 1.165) is 10.6 Å². The number of hydrogen-bond donors (Lipinski definition) is 2. The molecule has 0 radical (unpaired) electrons. The number of H-pyrrole nitrogens is 1. The molecule has 4 rings (SSSR count). The van der Waals surface area contributed by atoms with Gasteiger partial charge in [0.1, 0.15) is 0 Å². The van der Waals surface area contributed by atoms with Crippen LogP contribution in [0.3, 0.4) is 0 Å². The first-order valence-corrected chi connectivity index (χ1v) is 7.66. The number of pyridine rings is 1. The van der Waals surface area contributed by atoms with Crippen LogP contribution in [0.1, 0.15) is 15.4 Å². The summed E-state index contributed by atoms with van der Waals surface area (Å²) in [5.41, 5.74) is 1.46. The van der Waals surface area contributed by atoms with E-state index in [9.17, 15) is 4.79 Å². The predicted molar refractivity (Wildman–Crippen MR) is 86.4 cm³/mol. The number of aromatic amines is 1. The fourth-order valence-electron chi connectivity index (χ4n) is 2.19. The van der Waals surface area contributed by atoms with Gasteiger partial charge in [-0.3, -0.25) is 9.89 Å². The Balaban J connectivity index is 1.59. The van der Waals surface area contributed by atoms with E-state index in [1.807, 2.05) is 19.1 Å². The van der Waals surface area contributed by atoms with Gasteiger partial charge in [-0.25, -0.2) is 4.98 Å². The van der Waals surface area contributed by atoms with Crippen LogP contribution < -0.4 is 5.32 Å². The fraction of sp³-hybridized carbons (Fsp3) is 0.0667. The fourth-order valence-corrected chi connectivity index (χ4v) is 3.02. The summed E-state index contributed by atoms with van der Waals surface area (Å²) in [5.74, 6) is -0.0329. The van der Waals surface area contributed by atoms with Crippen LogP contribution in [-0.2, 0) is 0 Å². The molecule has 0 aliphatic carbocycles. The van der Waals surface area contributed by atoms with Crippen molar-refractivity contribution in [3.8, 4) is 10.6 Å². The molecule has 0 bridgehead atoms. The molecule has 0 atom stereocenters. The molecule has 0 spiro atoms.